The Bertz CT molecular complexity index is 992. The van der Waals surface area contributed by atoms with Crippen molar-refractivity contribution in [1.29, 1.82) is 0 Å². The van der Waals surface area contributed by atoms with Crippen molar-refractivity contribution in [1.82, 2.24) is 14.4 Å². The number of aryl methyl sites for hydroxylation is 1. The maximum Gasteiger partial charge on any atom is 0.276 e. The summed E-state index contributed by atoms with van der Waals surface area (Å²) in [6.07, 6.45) is 0. The van der Waals surface area contributed by atoms with Crippen LogP contribution in [0.25, 0.3) is 0 Å². The molecule has 2 aromatic rings. The number of piperazine rings is 1. The summed E-state index contributed by atoms with van der Waals surface area (Å²) in [5, 5.41) is 3.80. The summed E-state index contributed by atoms with van der Waals surface area (Å²) in [5.74, 6) is 1.02. The molecule has 0 spiro atoms. The second kappa shape index (κ2) is 9.05. The third-order valence-corrected chi connectivity index (χ3v) is 7.29. The fourth-order valence-electron chi connectivity index (χ4n) is 3.57. The Morgan fingerprint density at radius 1 is 1.17 bits per heavy atom. The van der Waals surface area contributed by atoms with Gasteiger partial charge in [-0.25, -0.2) is 8.42 Å². The summed E-state index contributed by atoms with van der Waals surface area (Å²) in [7, 11) is -2.02. The normalized spacial score (nSPS) is 15.0. The standard InChI is InChI=1S/C20H28N4O5S/c1-5-24(6-2)30(26,27)16-7-8-19(28-4)18(14-16)22-9-11-23(12-10-22)20(25)17-13-15(3)29-21-17/h7-8,13-14H,5-6,9-12H2,1-4H3. The Morgan fingerprint density at radius 3 is 2.37 bits per heavy atom. The fraction of sp³-hybridized carbons (Fsp3) is 0.500. The van der Waals surface area contributed by atoms with Gasteiger partial charge in [0, 0.05) is 45.3 Å². The number of anilines is 1. The molecule has 0 saturated carbocycles. The first-order valence-electron chi connectivity index (χ1n) is 9.97. The lowest BCUT2D eigenvalue weighted by molar-refractivity contribution is 0.0736. The van der Waals surface area contributed by atoms with Gasteiger partial charge >= 0.3 is 0 Å². The number of amides is 1. The predicted octanol–water partition coefficient (Wildman–Crippen LogP) is 1.98. The van der Waals surface area contributed by atoms with Crippen LogP contribution in [0.2, 0.25) is 0 Å². The highest BCUT2D eigenvalue weighted by atomic mass is 32.2. The van der Waals surface area contributed by atoms with Crippen molar-refractivity contribution in [2.24, 2.45) is 0 Å². The van der Waals surface area contributed by atoms with Gasteiger partial charge in [-0.2, -0.15) is 4.31 Å². The van der Waals surface area contributed by atoms with Crippen LogP contribution in [0.3, 0.4) is 0 Å². The van der Waals surface area contributed by atoms with Crippen LogP contribution >= 0.6 is 0 Å². The Balaban J connectivity index is 1.80. The van der Waals surface area contributed by atoms with Gasteiger partial charge in [-0.15, -0.1) is 0 Å². The van der Waals surface area contributed by atoms with Gasteiger partial charge in [-0.05, 0) is 25.1 Å². The summed E-state index contributed by atoms with van der Waals surface area (Å²) in [6.45, 7) is 8.26. The van der Waals surface area contributed by atoms with Crippen molar-refractivity contribution in [3.8, 4) is 5.75 Å². The highest BCUT2D eigenvalue weighted by Crippen LogP contribution is 2.32. The molecule has 10 heteroatoms. The fourth-order valence-corrected chi connectivity index (χ4v) is 5.05. The lowest BCUT2D eigenvalue weighted by Crippen LogP contribution is -2.49. The van der Waals surface area contributed by atoms with Gasteiger partial charge < -0.3 is 19.1 Å². The van der Waals surface area contributed by atoms with Crippen molar-refractivity contribution in [3.05, 3.63) is 35.7 Å². The molecular formula is C20H28N4O5S. The Morgan fingerprint density at radius 2 is 1.83 bits per heavy atom. The zero-order valence-corrected chi connectivity index (χ0v) is 18.6. The number of ether oxygens (including phenoxy) is 1. The van der Waals surface area contributed by atoms with E-state index in [4.69, 9.17) is 9.26 Å². The van der Waals surface area contributed by atoms with Crippen LogP contribution in [-0.2, 0) is 10.0 Å². The summed E-state index contributed by atoms with van der Waals surface area (Å²) in [4.78, 5) is 16.6. The third-order valence-electron chi connectivity index (χ3n) is 5.25. The number of rotatable bonds is 7. The van der Waals surface area contributed by atoms with Gasteiger partial charge in [0.15, 0.2) is 5.69 Å². The van der Waals surface area contributed by atoms with E-state index in [1.54, 1.807) is 43.2 Å². The number of methoxy groups -OCH3 is 1. The maximum atomic E-state index is 12.9. The summed E-state index contributed by atoms with van der Waals surface area (Å²) < 4.78 is 37.7. The van der Waals surface area contributed by atoms with E-state index in [1.807, 2.05) is 18.7 Å². The molecular weight excluding hydrogens is 408 g/mol. The molecule has 1 amide bonds. The quantitative estimate of drug-likeness (QED) is 0.655. The average molecular weight is 437 g/mol. The topological polar surface area (TPSA) is 96.2 Å². The molecule has 0 radical (unpaired) electrons. The molecule has 1 saturated heterocycles. The minimum atomic E-state index is -3.58. The van der Waals surface area contributed by atoms with E-state index in [2.05, 4.69) is 5.16 Å². The first-order valence-corrected chi connectivity index (χ1v) is 11.4. The van der Waals surface area contributed by atoms with E-state index in [9.17, 15) is 13.2 Å². The number of carbonyl (C=O) groups excluding carboxylic acids is 1. The van der Waals surface area contributed by atoms with Gasteiger partial charge in [-0.1, -0.05) is 19.0 Å². The molecule has 1 aliphatic heterocycles. The van der Waals surface area contributed by atoms with E-state index in [-0.39, 0.29) is 10.8 Å². The lowest BCUT2D eigenvalue weighted by atomic mass is 10.2. The Labute approximate surface area is 177 Å². The molecule has 3 rings (SSSR count). The van der Waals surface area contributed by atoms with Crippen LogP contribution in [0.5, 0.6) is 5.75 Å². The molecule has 1 aliphatic rings. The van der Waals surface area contributed by atoms with E-state index in [1.165, 1.54) is 4.31 Å². The molecule has 0 atom stereocenters. The van der Waals surface area contributed by atoms with Crippen molar-refractivity contribution < 1.29 is 22.5 Å². The van der Waals surface area contributed by atoms with Crippen LogP contribution in [0, 0.1) is 6.92 Å². The zero-order valence-electron chi connectivity index (χ0n) is 17.8. The lowest BCUT2D eigenvalue weighted by Gasteiger charge is -2.36. The van der Waals surface area contributed by atoms with Crippen LogP contribution in [0.15, 0.2) is 33.7 Å². The number of sulfonamides is 1. The van der Waals surface area contributed by atoms with Crippen molar-refractivity contribution in [2.45, 2.75) is 25.7 Å². The molecule has 1 fully saturated rings. The van der Waals surface area contributed by atoms with Crippen LogP contribution in [0.4, 0.5) is 5.69 Å². The van der Waals surface area contributed by atoms with Crippen LogP contribution < -0.4 is 9.64 Å². The van der Waals surface area contributed by atoms with Crippen molar-refractivity contribution in [2.75, 3.05) is 51.3 Å². The molecule has 0 bridgehead atoms. The minimum absolute atomic E-state index is 0.170. The number of benzene rings is 1. The molecule has 2 heterocycles. The van der Waals surface area contributed by atoms with E-state index in [0.717, 1.165) is 0 Å². The van der Waals surface area contributed by atoms with E-state index >= 15 is 0 Å². The van der Waals surface area contributed by atoms with Gasteiger partial charge in [-0.3, -0.25) is 4.79 Å². The van der Waals surface area contributed by atoms with Gasteiger partial charge in [0.05, 0.1) is 17.7 Å². The second-order valence-electron chi connectivity index (χ2n) is 7.03. The monoisotopic (exact) mass is 436 g/mol. The maximum absolute atomic E-state index is 12.9. The molecule has 30 heavy (non-hydrogen) atoms. The summed E-state index contributed by atoms with van der Waals surface area (Å²) in [5.41, 5.74) is 1.00. The smallest absolute Gasteiger partial charge is 0.276 e. The highest BCUT2D eigenvalue weighted by Gasteiger charge is 2.28. The Hall–Kier alpha value is -2.59. The molecule has 164 valence electrons. The number of nitrogens with zero attached hydrogens (tertiary/aromatic N) is 4. The largest absolute Gasteiger partial charge is 0.495 e. The van der Waals surface area contributed by atoms with E-state index in [0.29, 0.717) is 62.2 Å². The first-order chi connectivity index (χ1) is 14.3. The van der Waals surface area contributed by atoms with Gasteiger partial charge in [0.2, 0.25) is 10.0 Å². The molecule has 0 aliphatic carbocycles. The van der Waals surface area contributed by atoms with Gasteiger partial charge in [0.25, 0.3) is 5.91 Å². The molecule has 0 unspecified atom stereocenters. The Kier molecular flexibility index (Phi) is 6.67. The molecule has 1 aromatic carbocycles. The first kappa shape index (κ1) is 22.1. The van der Waals surface area contributed by atoms with Crippen molar-refractivity contribution in [3.63, 3.8) is 0 Å². The van der Waals surface area contributed by atoms with Crippen molar-refractivity contribution >= 4 is 21.6 Å². The zero-order chi connectivity index (χ0) is 21.9. The number of carbonyl (C=O) groups is 1. The molecule has 9 nitrogen and oxygen atoms in total. The highest BCUT2D eigenvalue weighted by molar-refractivity contribution is 7.89. The van der Waals surface area contributed by atoms with E-state index < -0.39 is 10.0 Å². The number of hydrogen-bond acceptors (Lipinski definition) is 7. The number of aromatic nitrogens is 1. The van der Waals surface area contributed by atoms with Crippen LogP contribution in [-0.4, -0.2) is 75.1 Å². The summed E-state index contributed by atoms with van der Waals surface area (Å²) in [6, 6.07) is 6.54. The SMILES string of the molecule is CCN(CC)S(=O)(=O)c1ccc(OC)c(N2CCN(C(=O)c3cc(C)on3)CC2)c1. The van der Waals surface area contributed by atoms with Gasteiger partial charge in [0.1, 0.15) is 11.5 Å². The number of hydrogen-bond donors (Lipinski definition) is 0. The molecule has 0 N–H and O–H groups in total. The predicted molar refractivity (Wildman–Crippen MR) is 112 cm³/mol. The minimum Gasteiger partial charge on any atom is -0.495 e. The summed E-state index contributed by atoms with van der Waals surface area (Å²) >= 11 is 0. The molecule has 1 aromatic heterocycles. The average Bonchev–Trinajstić information content (AvgIpc) is 3.19. The van der Waals surface area contributed by atoms with Crippen LogP contribution in [0.1, 0.15) is 30.1 Å². The third kappa shape index (κ3) is 4.29. The second-order valence-corrected chi connectivity index (χ2v) is 8.96.